The smallest absolute Gasteiger partial charge is 0.0761 e. The molecule has 2 heteroatoms. The zero-order valence-electron chi connectivity index (χ0n) is 11.0. The van der Waals surface area contributed by atoms with Crippen molar-refractivity contribution in [2.75, 3.05) is 5.75 Å². The van der Waals surface area contributed by atoms with Crippen molar-refractivity contribution in [2.45, 2.75) is 17.9 Å². The molecule has 0 aliphatic rings. The van der Waals surface area contributed by atoms with Crippen LogP contribution in [0.1, 0.15) is 24.2 Å². The highest BCUT2D eigenvalue weighted by atomic mass is 32.2. The van der Waals surface area contributed by atoms with E-state index < -0.39 is 6.10 Å². The second kappa shape index (κ2) is 7.17. The molecule has 2 rings (SSSR count). The fraction of sp³-hybridized carbons (Fsp3) is 0.176. The zero-order chi connectivity index (χ0) is 13.5. The molecule has 0 saturated carbocycles. The van der Waals surface area contributed by atoms with Crippen LogP contribution in [0.25, 0.3) is 6.08 Å². The summed E-state index contributed by atoms with van der Waals surface area (Å²) in [4.78, 5) is 1.22. The van der Waals surface area contributed by atoms with Gasteiger partial charge in [0.15, 0.2) is 0 Å². The highest BCUT2D eigenvalue weighted by Gasteiger charge is 1.99. The van der Waals surface area contributed by atoms with E-state index >= 15 is 0 Å². The number of thioether (sulfide) groups is 1. The molecular weight excluding hydrogens is 252 g/mol. The summed E-state index contributed by atoms with van der Waals surface area (Å²) in [6.07, 6.45) is 3.91. The minimum absolute atomic E-state index is 0.392. The molecule has 1 atom stereocenters. The lowest BCUT2D eigenvalue weighted by Gasteiger charge is -2.05. The van der Waals surface area contributed by atoms with Crippen molar-refractivity contribution in [3.63, 3.8) is 0 Å². The fourth-order valence-electron chi connectivity index (χ4n) is 1.74. The number of aliphatic hydroxyl groups excluding tert-OH is 1. The minimum atomic E-state index is -0.392. The first-order valence-corrected chi connectivity index (χ1v) is 7.36. The van der Waals surface area contributed by atoms with Crippen molar-refractivity contribution in [3.8, 4) is 0 Å². The van der Waals surface area contributed by atoms with E-state index in [4.69, 9.17) is 0 Å². The van der Waals surface area contributed by atoms with Gasteiger partial charge in [-0.15, -0.1) is 11.8 Å². The average Bonchev–Trinajstić information content (AvgIpc) is 2.45. The molecule has 2 aromatic carbocycles. The lowest BCUT2D eigenvalue weighted by molar-refractivity contribution is 0.199. The quantitative estimate of drug-likeness (QED) is 0.805. The molecule has 0 saturated heterocycles. The largest absolute Gasteiger partial charge is 0.389 e. The molecule has 0 heterocycles. The number of benzene rings is 2. The maximum Gasteiger partial charge on any atom is 0.0761 e. The van der Waals surface area contributed by atoms with Crippen molar-refractivity contribution in [1.29, 1.82) is 0 Å². The van der Waals surface area contributed by atoms with Crippen molar-refractivity contribution in [2.24, 2.45) is 0 Å². The van der Waals surface area contributed by atoms with Gasteiger partial charge >= 0.3 is 0 Å². The van der Waals surface area contributed by atoms with Crippen LogP contribution < -0.4 is 0 Å². The molecule has 0 bridgehead atoms. The molecule has 19 heavy (non-hydrogen) atoms. The van der Waals surface area contributed by atoms with Gasteiger partial charge in [-0.05, 0) is 30.2 Å². The normalized spacial score (nSPS) is 12.7. The molecule has 1 nitrogen and oxygen atoms in total. The van der Waals surface area contributed by atoms with Crippen LogP contribution in [0.5, 0.6) is 0 Å². The van der Waals surface area contributed by atoms with Gasteiger partial charge < -0.3 is 5.11 Å². The summed E-state index contributed by atoms with van der Waals surface area (Å²) in [6, 6.07) is 18.4. The predicted octanol–water partition coefficient (Wildman–Crippen LogP) is 4.55. The Balaban J connectivity index is 1.84. The Labute approximate surface area is 119 Å². The number of hydrogen-bond acceptors (Lipinski definition) is 2. The summed E-state index contributed by atoms with van der Waals surface area (Å²) in [5.41, 5.74) is 2.19. The summed E-state index contributed by atoms with van der Waals surface area (Å²) >= 11 is 1.79. The third kappa shape index (κ3) is 4.58. The maximum absolute atomic E-state index is 9.44. The molecule has 0 fully saturated rings. The Morgan fingerprint density at radius 2 is 1.74 bits per heavy atom. The molecule has 1 unspecified atom stereocenters. The van der Waals surface area contributed by atoms with Crippen molar-refractivity contribution < 1.29 is 5.11 Å². The molecule has 0 aliphatic carbocycles. The summed E-state index contributed by atoms with van der Waals surface area (Å²) in [5.74, 6) is 0.947. The van der Waals surface area contributed by atoms with Gasteiger partial charge in [0, 0.05) is 10.6 Å². The first-order chi connectivity index (χ1) is 9.25. The van der Waals surface area contributed by atoms with E-state index in [1.165, 1.54) is 10.5 Å². The SMILES string of the molecule is CC(O)c1ccc(SCC=Cc2ccccc2)cc1. The zero-order valence-corrected chi connectivity index (χ0v) is 11.8. The van der Waals surface area contributed by atoms with E-state index in [-0.39, 0.29) is 0 Å². The van der Waals surface area contributed by atoms with Crippen LogP contribution >= 0.6 is 11.8 Å². The van der Waals surface area contributed by atoms with Crippen molar-refractivity contribution >= 4 is 17.8 Å². The average molecular weight is 270 g/mol. The second-order valence-electron chi connectivity index (χ2n) is 4.37. The first kappa shape index (κ1) is 13.9. The summed E-state index contributed by atoms with van der Waals surface area (Å²) in [5, 5.41) is 9.44. The van der Waals surface area contributed by atoms with Gasteiger partial charge in [0.05, 0.1) is 6.10 Å². The van der Waals surface area contributed by atoms with Gasteiger partial charge in [-0.1, -0.05) is 54.6 Å². The molecule has 1 N–H and O–H groups in total. The van der Waals surface area contributed by atoms with E-state index in [2.05, 4.69) is 36.4 Å². The van der Waals surface area contributed by atoms with Crippen molar-refractivity contribution in [3.05, 3.63) is 71.8 Å². The first-order valence-electron chi connectivity index (χ1n) is 6.38. The van der Waals surface area contributed by atoms with Crippen LogP contribution in [0, 0.1) is 0 Å². The topological polar surface area (TPSA) is 20.2 Å². The van der Waals surface area contributed by atoms with Crippen LogP contribution in [0.2, 0.25) is 0 Å². The lowest BCUT2D eigenvalue weighted by atomic mass is 10.1. The third-order valence-electron chi connectivity index (χ3n) is 2.82. The molecule has 0 spiro atoms. The Bertz CT molecular complexity index is 515. The van der Waals surface area contributed by atoms with Gasteiger partial charge in [0.1, 0.15) is 0 Å². The number of rotatable bonds is 5. The monoisotopic (exact) mass is 270 g/mol. The van der Waals surface area contributed by atoms with Gasteiger partial charge in [-0.2, -0.15) is 0 Å². The van der Waals surface area contributed by atoms with Gasteiger partial charge in [-0.3, -0.25) is 0 Å². The van der Waals surface area contributed by atoms with Crippen LogP contribution in [-0.2, 0) is 0 Å². The summed E-state index contributed by atoms with van der Waals surface area (Å²) < 4.78 is 0. The molecule has 0 radical (unpaired) electrons. The fourth-order valence-corrected chi connectivity index (χ4v) is 2.45. The highest BCUT2D eigenvalue weighted by Crippen LogP contribution is 2.21. The second-order valence-corrected chi connectivity index (χ2v) is 5.46. The third-order valence-corrected chi connectivity index (χ3v) is 3.78. The number of aliphatic hydroxyl groups is 1. The lowest BCUT2D eigenvalue weighted by Crippen LogP contribution is -1.89. The van der Waals surface area contributed by atoms with E-state index in [0.717, 1.165) is 11.3 Å². The van der Waals surface area contributed by atoms with Crippen LogP contribution in [0.15, 0.2) is 65.6 Å². The Morgan fingerprint density at radius 3 is 2.37 bits per heavy atom. The maximum atomic E-state index is 9.44. The predicted molar refractivity (Wildman–Crippen MR) is 83.3 cm³/mol. The summed E-state index contributed by atoms with van der Waals surface area (Å²) in [6.45, 7) is 1.78. The highest BCUT2D eigenvalue weighted by molar-refractivity contribution is 7.99. The Hall–Kier alpha value is -1.51. The summed E-state index contributed by atoms with van der Waals surface area (Å²) in [7, 11) is 0. The molecule has 2 aromatic rings. The molecule has 0 aromatic heterocycles. The molecule has 98 valence electrons. The van der Waals surface area contributed by atoms with E-state index in [0.29, 0.717) is 0 Å². The molecular formula is C17H18OS. The Kier molecular flexibility index (Phi) is 5.25. The van der Waals surface area contributed by atoms with Crippen LogP contribution in [0.4, 0.5) is 0 Å². The van der Waals surface area contributed by atoms with E-state index in [9.17, 15) is 5.11 Å². The Morgan fingerprint density at radius 1 is 1.05 bits per heavy atom. The number of hydrogen-bond donors (Lipinski definition) is 1. The molecule has 0 amide bonds. The van der Waals surface area contributed by atoms with Crippen LogP contribution in [-0.4, -0.2) is 10.9 Å². The van der Waals surface area contributed by atoms with Crippen molar-refractivity contribution in [1.82, 2.24) is 0 Å². The van der Waals surface area contributed by atoms with Gasteiger partial charge in [-0.25, -0.2) is 0 Å². The van der Waals surface area contributed by atoms with Gasteiger partial charge in [0.25, 0.3) is 0 Å². The molecule has 0 aliphatic heterocycles. The minimum Gasteiger partial charge on any atom is -0.389 e. The van der Waals surface area contributed by atoms with E-state index in [1.807, 2.05) is 30.3 Å². The van der Waals surface area contributed by atoms with E-state index in [1.54, 1.807) is 18.7 Å². The van der Waals surface area contributed by atoms with Crippen LogP contribution in [0.3, 0.4) is 0 Å². The standard InChI is InChI=1S/C17H18OS/c1-14(18)16-9-11-17(12-10-16)19-13-5-8-15-6-3-2-4-7-15/h2-12,14,18H,13H2,1H3. The van der Waals surface area contributed by atoms with Gasteiger partial charge in [0.2, 0.25) is 0 Å².